The third-order valence-corrected chi connectivity index (χ3v) is 7.98. The first-order chi connectivity index (χ1) is 18.4. The molecule has 3 rings (SSSR count). The van der Waals surface area contributed by atoms with Crippen LogP contribution in [0.3, 0.4) is 0 Å². The van der Waals surface area contributed by atoms with Gasteiger partial charge in [-0.1, -0.05) is 71.7 Å². The van der Waals surface area contributed by atoms with Crippen molar-refractivity contribution in [2.45, 2.75) is 25.9 Å². The SMILES string of the molecule is CNC(=O)C(Cc1ccccc1)N(Cc1c(Cl)cccc1Cl)C(=O)CN(c1cccc(C(C)=O)c1)S(C)(=O)=O. The highest BCUT2D eigenvalue weighted by Crippen LogP contribution is 2.28. The topological polar surface area (TPSA) is 104 Å². The molecule has 3 aromatic carbocycles. The summed E-state index contributed by atoms with van der Waals surface area (Å²) in [5.41, 5.74) is 1.65. The molecule has 0 fully saturated rings. The van der Waals surface area contributed by atoms with E-state index < -0.39 is 34.4 Å². The fourth-order valence-corrected chi connectivity index (χ4v) is 5.43. The maximum Gasteiger partial charge on any atom is 0.244 e. The van der Waals surface area contributed by atoms with Gasteiger partial charge in [0.1, 0.15) is 12.6 Å². The van der Waals surface area contributed by atoms with E-state index in [1.165, 1.54) is 31.0 Å². The van der Waals surface area contributed by atoms with E-state index in [1.54, 1.807) is 30.3 Å². The summed E-state index contributed by atoms with van der Waals surface area (Å²) in [4.78, 5) is 40.3. The number of carbonyl (C=O) groups is 3. The number of benzene rings is 3. The zero-order chi connectivity index (χ0) is 28.7. The first-order valence-electron chi connectivity index (χ1n) is 12.0. The molecule has 3 aromatic rings. The van der Waals surface area contributed by atoms with Gasteiger partial charge in [0.05, 0.1) is 11.9 Å². The summed E-state index contributed by atoms with van der Waals surface area (Å²) in [7, 11) is -2.51. The maximum atomic E-state index is 14.0. The number of anilines is 1. The van der Waals surface area contributed by atoms with Crippen molar-refractivity contribution in [1.29, 1.82) is 0 Å². The lowest BCUT2D eigenvalue weighted by Gasteiger charge is -2.33. The molecular weight excluding hydrogens is 561 g/mol. The molecule has 206 valence electrons. The number of sulfonamides is 1. The fourth-order valence-electron chi connectivity index (χ4n) is 4.07. The highest BCUT2D eigenvalue weighted by atomic mass is 35.5. The Morgan fingerprint density at radius 3 is 2.10 bits per heavy atom. The fraction of sp³-hybridized carbons (Fsp3) is 0.250. The zero-order valence-electron chi connectivity index (χ0n) is 21.7. The summed E-state index contributed by atoms with van der Waals surface area (Å²) in [5, 5.41) is 3.19. The predicted molar refractivity (Wildman–Crippen MR) is 154 cm³/mol. The van der Waals surface area contributed by atoms with Crippen LogP contribution in [-0.2, 0) is 32.6 Å². The number of Topliss-reactive ketones (excluding diaryl/α,β-unsaturated/α-hetero) is 1. The molecule has 1 N–H and O–H groups in total. The van der Waals surface area contributed by atoms with Crippen molar-refractivity contribution in [2.24, 2.45) is 0 Å². The molecule has 0 heterocycles. The van der Waals surface area contributed by atoms with E-state index in [-0.39, 0.29) is 24.4 Å². The number of hydrogen-bond acceptors (Lipinski definition) is 5. The molecule has 0 aliphatic rings. The normalized spacial score (nSPS) is 11.9. The molecule has 0 bridgehead atoms. The van der Waals surface area contributed by atoms with Gasteiger partial charge < -0.3 is 10.2 Å². The van der Waals surface area contributed by atoms with Crippen molar-refractivity contribution < 1.29 is 22.8 Å². The number of likely N-dealkylation sites (N-methyl/N-ethyl adjacent to an activating group) is 1. The number of rotatable bonds is 11. The lowest BCUT2D eigenvalue weighted by molar-refractivity contribution is -0.139. The summed E-state index contributed by atoms with van der Waals surface area (Å²) in [6.45, 7) is 0.597. The second kappa shape index (κ2) is 13.1. The first kappa shape index (κ1) is 30.1. The molecule has 0 saturated carbocycles. The standard InChI is InChI=1S/C28H29Cl2N3O5S/c1-19(34)21-11-7-12-22(16-21)33(39(3,37)38)18-27(35)32(17-23-24(29)13-8-14-25(23)30)26(28(36)31-2)15-20-9-5-4-6-10-20/h4-14,16,26H,15,17-18H2,1-3H3,(H,31,36). The van der Waals surface area contributed by atoms with Crippen LogP contribution in [-0.4, -0.2) is 56.8 Å². The van der Waals surface area contributed by atoms with E-state index in [9.17, 15) is 22.8 Å². The number of halogens is 2. The third kappa shape index (κ3) is 7.81. The molecule has 8 nitrogen and oxygen atoms in total. The van der Waals surface area contributed by atoms with Crippen molar-refractivity contribution in [3.05, 3.63) is 99.5 Å². The highest BCUT2D eigenvalue weighted by Gasteiger charge is 2.33. The number of amides is 2. The molecular formula is C28H29Cl2N3O5S. The Balaban J connectivity index is 2.09. The van der Waals surface area contributed by atoms with Crippen LogP contribution in [0.1, 0.15) is 28.4 Å². The Labute approximate surface area is 238 Å². The quantitative estimate of drug-likeness (QED) is 0.335. The molecule has 2 amide bonds. The Hall–Kier alpha value is -3.40. The number of nitrogens with one attached hydrogen (secondary N) is 1. The second-order valence-electron chi connectivity index (χ2n) is 8.92. The molecule has 1 unspecified atom stereocenters. The van der Waals surface area contributed by atoms with Gasteiger partial charge in [-0.25, -0.2) is 8.42 Å². The Kier molecular flexibility index (Phi) is 10.1. The molecule has 0 saturated heterocycles. The molecule has 39 heavy (non-hydrogen) atoms. The van der Waals surface area contributed by atoms with Crippen LogP contribution >= 0.6 is 23.2 Å². The molecule has 0 aliphatic heterocycles. The van der Waals surface area contributed by atoms with Crippen LogP contribution in [0, 0.1) is 0 Å². The smallest absolute Gasteiger partial charge is 0.244 e. The highest BCUT2D eigenvalue weighted by molar-refractivity contribution is 7.92. The molecule has 0 aromatic heterocycles. The second-order valence-corrected chi connectivity index (χ2v) is 11.6. The zero-order valence-corrected chi connectivity index (χ0v) is 24.1. The third-order valence-electron chi connectivity index (χ3n) is 6.13. The number of hydrogen-bond donors (Lipinski definition) is 1. The molecule has 0 radical (unpaired) electrons. The van der Waals surface area contributed by atoms with Gasteiger partial charge >= 0.3 is 0 Å². The molecule has 0 spiro atoms. The van der Waals surface area contributed by atoms with E-state index >= 15 is 0 Å². The summed E-state index contributed by atoms with van der Waals surface area (Å²) in [5.74, 6) is -1.36. The minimum atomic E-state index is -3.97. The van der Waals surface area contributed by atoms with Gasteiger partial charge in [0, 0.05) is 41.2 Å². The summed E-state index contributed by atoms with van der Waals surface area (Å²) in [6, 6.07) is 19.0. The Bertz CT molecular complexity index is 1440. The Morgan fingerprint density at radius 2 is 1.54 bits per heavy atom. The minimum absolute atomic E-state index is 0.145. The first-order valence-corrected chi connectivity index (χ1v) is 14.6. The molecule has 1 atom stereocenters. The molecule has 0 aliphatic carbocycles. The van der Waals surface area contributed by atoms with Crippen molar-refractivity contribution in [1.82, 2.24) is 10.2 Å². The van der Waals surface area contributed by atoms with Gasteiger partial charge in [-0.2, -0.15) is 0 Å². The summed E-state index contributed by atoms with van der Waals surface area (Å²) in [6.07, 6.45) is 1.13. The van der Waals surface area contributed by atoms with Crippen LogP contribution in [0.4, 0.5) is 5.69 Å². The van der Waals surface area contributed by atoms with E-state index in [0.717, 1.165) is 16.1 Å². The van der Waals surface area contributed by atoms with Crippen LogP contribution in [0.2, 0.25) is 10.0 Å². The van der Waals surface area contributed by atoms with Crippen LogP contribution < -0.4 is 9.62 Å². The monoisotopic (exact) mass is 589 g/mol. The molecule has 11 heteroatoms. The number of nitrogens with zero attached hydrogens (tertiary/aromatic N) is 2. The largest absolute Gasteiger partial charge is 0.357 e. The van der Waals surface area contributed by atoms with E-state index in [0.29, 0.717) is 21.2 Å². The lowest BCUT2D eigenvalue weighted by atomic mass is 10.0. The summed E-state index contributed by atoms with van der Waals surface area (Å²) < 4.78 is 26.6. The minimum Gasteiger partial charge on any atom is -0.357 e. The predicted octanol–water partition coefficient (Wildman–Crippen LogP) is 4.35. The average Bonchev–Trinajstić information content (AvgIpc) is 2.90. The van der Waals surface area contributed by atoms with Crippen molar-refractivity contribution in [3.8, 4) is 0 Å². The van der Waals surface area contributed by atoms with Gasteiger partial charge in [-0.3, -0.25) is 18.7 Å². The summed E-state index contributed by atoms with van der Waals surface area (Å²) >= 11 is 12.8. The van der Waals surface area contributed by atoms with Crippen LogP contribution in [0.25, 0.3) is 0 Å². The Morgan fingerprint density at radius 1 is 0.923 bits per heavy atom. The van der Waals surface area contributed by atoms with Crippen molar-refractivity contribution >= 4 is 56.5 Å². The van der Waals surface area contributed by atoms with E-state index in [2.05, 4.69) is 5.32 Å². The van der Waals surface area contributed by atoms with Crippen molar-refractivity contribution in [2.75, 3.05) is 24.2 Å². The average molecular weight is 591 g/mol. The van der Waals surface area contributed by atoms with Crippen LogP contribution in [0.15, 0.2) is 72.8 Å². The van der Waals surface area contributed by atoms with Crippen molar-refractivity contribution in [3.63, 3.8) is 0 Å². The van der Waals surface area contributed by atoms with E-state index in [4.69, 9.17) is 23.2 Å². The van der Waals surface area contributed by atoms with Gasteiger partial charge in [0.25, 0.3) is 0 Å². The van der Waals surface area contributed by atoms with Gasteiger partial charge in [-0.15, -0.1) is 0 Å². The van der Waals surface area contributed by atoms with Gasteiger partial charge in [0.15, 0.2) is 5.78 Å². The van der Waals surface area contributed by atoms with Crippen LogP contribution in [0.5, 0.6) is 0 Å². The van der Waals surface area contributed by atoms with Gasteiger partial charge in [0.2, 0.25) is 21.8 Å². The number of carbonyl (C=O) groups excluding carboxylic acids is 3. The maximum absolute atomic E-state index is 14.0. The lowest BCUT2D eigenvalue weighted by Crippen LogP contribution is -2.53. The van der Waals surface area contributed by atoms with E-state index in [1.807, 2.05) is 30.3 Å². The van der Waals surface area contributed by atoms with Gasteiger partial charge in [-0.05, 0) is 36.8 Å². The number of ketones is 1.